The number of unbranched alkanes of at least 4 members (excludes halogenated alkanes) is 1. The van der Waals surface area contributed by atoms with Crippen LogP contribution in [0.3, 0.4) is 0 Å². The molecular weight excluding hydrogens is 778 g/mol. The number of carbonyl (C=O) groups is 3. The third-order valence-electron chi connectivity index (χ3n) is 7.45. The van der Waals surface area contributed by atoms with Crippen LogP contribution in [0.15, 0.2) is 0 Å². The minimum atomic E-state index is -0.535. The van der Waals surface area contributed by atoms with E-state index >= 15 is 0 Å². The Labute approximate surface area is 353 Å². The molecule has 0 bridgehead atoms. The molecule has 3 N–H and O–H groups in total. The maximum atomic E-state index is 12.6. The van der Waals surface area contributed by atoms with Gasteiger partial charge in [-0.2, -0.15) is 0 Å². The third kappa shape index (κ3) is 46.8. The van der Waals surface area contributed by atoms with Gasteiger partial charge >= 0.3 is 0 Å². The molecule has 59 heavy (non-hydrogen) atoms. The smallest absolute Gasteiger partial charge is 0.246 e. The molecule has 1 unspecified atom stereocenters. The van der Waals surface area contributed by atoms with Crippen molar-refractivity contribution < 1.29 is 76.0 Å². The van der Waals surface area contributed by atoms with Crippen molar-refractivity contribution in [2.45, 2.75) is 65.5 Å². The van der Waals surface area contributed by atoms with E-state index in [9.17, 15) is 14.4 Å². The van der Waals surface area contributed by atoms with Crippen molar-refractivity contribution >= 4 is 17.7 Å². The average molecular weight is 858 g/mol. The molecule has 0 aromatic rings. The molecule has 3 amide bonds. The Balaban J connectivity index is 4.23. The molecule has 0 fully saturated rings. The van der Waals surface area contributed by atoms with E-state index in [-0.39, 0.29) is 76.3 Å². The second kappa shape index (κ2) is 46.9. The summed E-state index contributed by atoms with van der Waals surface area (Å²) in [5.74, 6) is -0.742. The van der Waals surface area contributed by atoms with Crippen LogP contribution in [0.25, 0.3) is 0 Å². The number of nitrogens with one attached hydrogen (secondary N) is 3. The largest absolute Gasteiger partial charge is 0.379 e. The summed E-state index contributed by atoms with van der Waals surface area (Å²) in [7, 11) is 0. The topological polar surface area (TPSA) is 207 Å². The maximum absolute atomic E-state index is 12.6. The van der Waals surface area contributed by atoms with Gasteiger partial charge in [-0.15, -0.1) is 0 Å². The van der Waals surface area contributed by atoms with Crippen LogP contribution < -0.4 is 16.0 Å². The fourth-order valence-electron chi connectivity index (χ4n) is 4.42. The van der Waals surface area contributed by atoms with Gasteiger partial charge in [-0.05, 0) is 27.2 Å². The Hall–Kier alpha value is -2.11. The molecule has 19 heteroatoms. The van der Waals surface area contributed by atoms with E-state index in [0.717, 1.165) is 12.8 Å². The van der Waals surface area contributed by atoms with E-state index in [1.807, 2.05) is 20.8 Å². The van der Waals surface area contributed by atoms with Crippen molar-refractivity contribution in [3.05, 3.63) is 0 Å². The molecule has 0 saturated carbocycles. The molecular formula is C40H79N3O16. The number of carbonyl (C=O) groups excluding carboxylic acids is 3. The Bertz CT molecular complexity index is 925. The zero-order chi connectivity index (χ0) is 43.1. The number of amides is 3. The van der Waals surface area contributed by atoms with Crippen LogP contribution in [0.5, 0.6) is 0 Å². The highest BCUT2D eigenvalue weighted by Crippen LogP contribution is 1.95. The van der Waals surface area contributed by atoms with Gasteiger partial charge in [-0.1, -0.05) is 13.3 Å². The quantitative estimate of drug-likeness (QED) is 0.0728. The lowest BCUT2D eigenvalue weighted by molar-refractivity contribution is -0.129. The van der Waals surface area contributed by atoms with Crippen LogP contribution >= 0.6 is 0 Å². The van der Waals surface area contributed by atoms with Crippen molar-refractivity contribution in [2.24, 2.45) is 0 Å². The average Bonchev–Trinajstić information content (AvgIpc) is 3.22. The van der Waals surface area contributed by atoms with Gasteiger partial charge in [0.05, 0.1) is 157 Å². The first kappa shape index (κ1) is 56.9. The molecule has 0 saturated heterocycles. The molecule has 1 atom stereocenters. The molecule has 350 valence electrons. The predicted molar refractivity (Wildman–Crippen MR) is 219 cm³/mol. The molecule has 0 spiro atoms. The molecule has 19 nitrogen and oxygen atoms in total. The van der Waals surface area contributed by atoms with Crippen LogP contribution in [-0.4, -0.2) is 208 Å². The van der Waals surface area contributed by atoms with Crippen LogP contribution in [0.4, 0.5) is 0 Å². The Kier molecular flexibility index (Phi) is 45.3. The van der Waals surface area contributed by atoms with Crippen molar-refractivity contribution in [2.75, 3.05) is 178 Å². The molecule has 0 heterocycles. The third-order valence-corrected chi connectivity index (χ3v) is 7.45. The standard InChI is InChI=1S/C40H79N3O16/c1-5-7-12-48-19-22-54-29-30-58-35-40(46)43-37(33-56-13-8-38(44)41-10-15-49-20-23-52-26-25-51-18-17-47-6-2)34-57-14-9-39(45)42-11-16-50-21-24-53-27-28-55-31-32-59-36(3)4/h36-37H,5-35H2,1-4H3,(H,41,44)(H,42,45)(H,43,46). The predicted octanol–water partition coefficient (Wildman–Crippen LogP) is 0.928. The van der Waals surface area contributed by atoms with Gasteiger partial charge < -0.3 is 77.5 Å². The highest BCUT2D eigenvalue weighted by Gasteiger charge is 2.15. The fraction of sp³-hybridized carbons (Fsp3) is 0.925. The molecule has 0 aliphatic heterocycles. The van der Waals surface area contributed by atoms with Crippen LogP contribution in [0.1, 0.15) is 53.4 Å². The molecule has 0 aromatic carbocycles. The number of hydrogen-bond acceptors (Lipinski definition) is 16. The first-order valence-corrected chi connectivity index (χ1v) is 21.3. The van der Waals surface area contributed by atoms with Gasteiger partial charge in [0.25, 0.3) is 0 Å². The summed E-state index contributed by atoms with van der Waals surface area (Å²) < 4.78 is 71.0. The summed E-state index contributed by atoms with van der Waals surface area (Å²) in [6, 6.07) is -0.535. The number of ether oxygens (including phenoxy) is 13. The van der Waals surface area contributed by atoms with Crippen molar-refractivity contribution in [3.8, 4) is 0 Å². The Morgan fingerprint density at radius 2 is 0.814 bits per heavy atom. The molecule has 0 aliphatic carbocycles. The van der Waals surface area contributed by atoms with Crippen LogP contribution in [0.2, 0.25) is 0 Å². The van der Waals surface area contributed by atoms with E-state index in [0.29, 0.717) is 139 Å². The minimum Gasteiger partial charge on any atom is -0.379 e. The van der Waals surface area contributed by atoms with Crippen LogP contribution in [-0.2, 0) is 76.0 Å². The highest BCUT2D eigenvalue weighted by atomic mass is 16.6. The summed E-state index contributed by atoms with van der Waals surface area (Å²) in [4.78, 5) is 37.1. The molecule has 0 aliphatic rings. The first-order valence-electron chi connectivity index (χ1n) is 21.3. The number of hydrogen-bond donors (Lipinski definition) is 3. The first-order chi connectivity index (χ1) is 28.9. The second-order valence-electron chi connectivity index (χ2n) is 13.0. The van der Waals surface area contributed by atoms with E-state index in [1.165, 1.54) is 0 Å². The maximum Gasteiger partial charge on any atom is 0.246 e. The lowest BCUT2D eigenvalue weighted by Crippen LogP contribution is -2.43. The summed E-state index contributed by atoms with van der Waals surface area (Å²) in [6.45, 7) is 18.4. The summed E-state index contributed by atoms with van der Waals surface area (Å²) in [5, 5.41) is 8.40. The van der Waals surface area contributed by atoms with E-state index in [4.69, 9.17) is 61.6 Å². The fourth-order valence-corrected chi connectivity index (χ4v) is 4.42. The SMILES string of the molecule is CCCCOCCOCCOCC(=O)NC(COCCC(=O)NCCOCCOCCOCCOCC)COCCC(=O)NCCOCCOCCOCCOC(C)C. The lowest BCUT2D eigenvalue weighted by Gasteiger charge is -2.19. The van der Waals surface area contributed by atoms with Gasteiger partial charge in [0.15, 0.2) is 0 Å². The summed E-state index contributed by atoms with van der Waals surface area (Å²) in [6.07, 6.45) is 2.53. The van der Waals surface area contributed by atoms with Gasteiger partial charge in [0.1, 0.15) is 6.61 Å². The minimum absolute atomic E-state index is 0.0915. The van der Waals surface area contributed by atoms with E-state index in [2.05, 4.69) is 22.9 Å². The molecule has 0 rings (SSSR count). The van der Waals surface area contributed by atoms with Gasteiger partial charge in [-0.3, -0.25) is 14.4 Å². The van der Waals surface area contributed by atoms with E-state index < -0.39 is 6.04 Å². The van der Waals surface area contributed by atoms with Crippen molar-refractivity contribution in [3.63, 3.8) is 0 Å². The summed E-state index contributed by atoms with van der Waals surface area (Å²) in [5.41, 5.74) is 0. The Morgan fingerprint density at radius 3 is 1.24 bits per heavy atom. The summed E-state index contributed by atoms with van der Waals surface area (Å²) >= 11 is 0. The Morgan fingerprint density at radius 1 is 0.424 bits per heavy atom. The van der Waals surface area contributed by atoms with Crippen molar-refractivity contribution in [1.82, 2.24) is 16.0 Å². The molecule has 0 radical (unpaired) electrons. The normalized spacial score (nSPS) is 11.9. The zero-order valence-corrected chi connectivity index (χ0v) is 36.6. The van der Waals surface area contributed by atoms with Gasteiger partial charge in [0, 0.05) is 39.1 Å². The van der Waals surface area contributed by atoms with Gasteiger partial charge in [0.2, 0.25) is 17.7 Å². The monoisotopic (exact) mass is 858 g/mol. The number of rotatable bonds is 48. The highest BCUT2D eigenvalue weighted by molar-refractivity contribution is 5.77. The second-order valence-corrected chi connectivity index (χ2v) is 13.0. The van der Waals surface area contributed by atoms with Crippen LogP contribution in [0, 0.1) is 0 Å². The van der Waals surface area contributed by atoms with E-state index in [1.54, 1.807) is 0 Å². The molecule has 0 aromatic heterocycles. The zero-order valence-electron chi connectivity index (χ0n) is 36.6. The van der Waals surface area contributed by atoms with Crippen molar-refractivity contribution in [1.29, 1.82) is 0 Å². The lowest BCUT2D eigenvalue weighted by atomic mass is 10.3. The van der Waals surface area contributed by atoms with Gasteiger partial charge in [-0.25, -0.2) is 0 Å².